The number of nitrogens with one attached hydrogen (secondary N) is 1. The van der Waals surface area contributed by atoms with Crippen LogP contribution in [0.5, 0.6) is 0 Å². The maximum Gasteiger partial charge on any atom is 0.187 e. The van der Waals surface area contributed by atoms with Crippen LogP contribution in [0.15, 0.2) is 23.6 Å². The highest BCUT2D eigenvalue weighted by Gasteiger charge is 2.07. The SMILES string of the molecule is CCNC(COC)CSc1ncccn1. The fourth-order valence-corrected chi connectivity index (χ4v) is 2.03. The molecule has 15 heavy (non-hydrogen) atoms. The second kappa shape index (κ2) is 7.62. The number of ether oxygens (including phenoxy) is 1. The van der Waals surface area contributed by atoms with Gasteiger partial charge in [-0.15, -0.1) is 0 Å². The molecule has 0 saturated heterocycles. The minimum Gasteiger partial charge on any atom is -0.383 e. The van der Waals surface area contributed by atoms with Gasteiger partial charge in [0.1, 0.15) is 0 Å². The molecule has 0 fully saturated rings. The van der Waals surface area contributed by atoms with E-state index in [-0.39, 0.29) is 0 Å². The minimum absolute atomic E-state index is 0.355. The Morgan fingerprint density at radius 3 is 2.80 bits per heavy atom. The first-order valence-corrected chi connectivity index (χ1v) is 5.97. The van der Waals surface area contributed by atoms with E-state index in [0.29, 0.717) is 12.6 Å². The molecule has 1 unspecified atom stereocenters. The Balaban J connectivity index is 2.33. The molecule has 0 aromatic carbocycles. The van der Waals surface area contributed by atoms with Crippen LogP contribution in [0.4, 0.5) is 0 Å². The van der Waals surface area contributed by atoms with Crippen LogP contribution in [0.1, 0.15) is 6.92 Å². The molecule has 0 amide bonds. The van der Waals surface area contributed by atoms with Gasteiger partial charge in [-0.25, -0.2) is 9.97 Å². The summed E-state index contributed by atoms with van der Waals surface area (Å²) in [5.74, 6) is 0.922. The molecule has 1 aromatic heterocycles. The molecule has 84 valence electrons. The van der Waals surface area contributed by atoms with Crippen molar-refractivity contribution >= 4 is 11.8 Å². The second-order valence-electron chi connectivity index (χ2n) is 3.05. The maximum atomic E-state index is 5.13. The van der Waals surface area contributed by atoms with Gasteiger partial charge in [-0.2, -0.15) is 0 Å². The summed E-state index contributed by atoms with van der Waals surface area (Å²) in [6.45, 7) is 3.75. The van der Waals surface area contributed by atoms with Crippen molar-refractivity contribution in [3.05, 3.63) is 18.5 Å². The van der Waals surface area contributed by atoms with Gasteiger partial charge in [0.25, 0.3) is 0 Å². The summed E-state index contributed by atoms with van der Waals surface area (Å²) in [6.07, 6.45) is 3.52. The van der Waals surface area contributed by atoms with Gasteiger partial charge in [0.2, 0.25) is 0 Å². The summed E-state index contributed by atoms with van der Waals surface area (Å²) in [6, 6.07) is 2.18. The molecule has 1 atom stereocenters. The zero-order valence-electron chi connectivity index (χ0n) is 9.14. The van der Waals surface area contributed by atoms with Gasteiger partial charge in [-0.05, 0) is 12.6 Å². The van der Waals surface area contributed by atoms with E-state index in [1.807, 2.05) is 6.07 Å². The molecule has 0 bridgehead atoms. The van der Waals surface area contributed by atoms with E-state index < -0.39 is 0 Å². The van der Waals surface area contributed by atoms with E-state index in [9.17, 15) is 0 Å². The van der Waals surface area contributed by atoms with Crippen molar-refractivity contribution in [3.63, 3.8) is 0 Å². The highest BCUT2D eigenvalue weighted by atomic mass is 32.2. The third-order valence-electron chi connectivity index (χ3n) is 1.82. The van der Waals surface area contributed by atoms with Crippen molar-refractivity contribution in [2.75, 3.05) is 26.0 Å². The molecule has 1 heterocycles. The second-order valence-corrected chi connectivity index (χ2v) is 4.04. The molecule has 0 aliphatic rings. The van der Waals surface area contributed by atoms with Crippen molar-refractivity contribution < 1.29 is 4.74 Å². The number of likely N-dealkylation sites (N-methyl/N-ethyl adjacent to an activating group) is 1. The molecule has 1 rings (SSSR count). The Morgan fingerprint density at radius 1 is 1.47 bits per heavy atom. The quantitative estimate of drug-likeness (QED) is 0.560. The Labute approximate surface area is 94.8 Å². The van der Waals surface area contributed by atoms with Crippen LogP contribution in [-0.2, 0) is 4.74 Å². The standard InChI is InChI=1S/C10H17N3OS/c1-3-11-9(7-14-2)8-15-10-12-5-4-6-13-10/h4-6,9,11H,3,7-8H2,1-2H3. The smallest absolute Gasteiger partial charge is 0.187 e. The Morgan fingerprint density at radius 2 is 2.20 bits per heavy atom. The van der Waals surface area contributed by atoms with Crippen LogP contribution in [0.25, 0.3) is 0 Å². The molecule has 0 saturated carbocycles. The van der Waals surface area contributed by atoms with Crippen LogP contribution in [0.3, 0.4) is 0 Å². The molecule has 0 spiro atoms. The van der Waals surface area contributed by atoms with Gasteiger partial charge in [-0.3, -0.25) is 0 Å². The normalized spacial score (nSPS) is 12.7. The lowest BCUT2D eigenvalue weighted by molar-refractivity contribution is 0.174. The third kappa shape index (κ3) is 5.11. The molecule has 1 N–H and O–H groups in total. The lowest BCUT2D eigenvalue weighted by atomic mass is 10.3. The number of methoxy groups -OCH3 is 1. The number of hydrogen-bond donors (Lipinski definition) is 1. The number of thioether (sulfide) groups is 1. The molecule has 0 radical (unpaired) electrons. The van der Waals surface area contributed by atoms with Crippen molar-refractivity contribution in [1.29, 1.82) is 0 Å². The molecule has 5 heteroatoms. The molecular formula is C10H17N3OS. The van der Waals surface area contributed by atoms with Gasteiger partial charge < -0.3 is 10.1 Å². The molecule has 1 aromatic rings. The summed E-state index contributed by atoms with van der Waals surface area (Å²) >= 11 is 1.64. The lowest BCUT2D eigenvalue weighted by Gasteiger charge is -2.15. The third-order valence-corrected chi connectivity index (χ3v) is 2.85. The first-order valence-electron chi connectivity index (χ1n) is 4.99. The molecule has 4 nitrogen and oxygen atoms in total. The monoisotopic (exact) mass is 227 g/mol. The van der Waals surface area contributed by atoms with Crippen molar-refractivity contribution in [1.82, 2.24) is 15.3 Å². The maximum absolute atomic E-state index is 5.13. The van der Waals surface area contributed by atoms with Gasteiger partial charge in [-0.1, -0.05) is 18.7 Å². The minimum atomic E-state index is 0.355. The van der Waals surface area contributed by atoms with Gasteiger partial charge >= 0.3 is 0 Å². The summed E-state index contributed by atoms with van der Waals surface area (Å²) < 4.78 is 5.13. The highest BCUT2D eigenvalue weighted by Crippen LogP contribution is 2.12. The Hall–Kier alpha value is -0.650. The zero-order chi connectivity index (χ0) is 10.9. The highest BCUT2D eigenvalue weighted by molar-refractivity contribution is 7.99. The molecule has 0 aliphatic carbocycles. The summed E-state index contributed by atoms with van der Waals surface area (Å²) in [7, 11) is 1.72. The number of hydrogen-bond acceptors (Lipinski definition) is 5. The largest absolute Gasteiger partial charge is 0.383 e. The van der Waals surface area contributed by atoms with Gasteiger partial charge in [0, 0.05) is 31.3 Å². The van der Waals surface area contributed by atoms with Crippen LogP contribution in [0.2, 0.25) is 0 Å². The average molecular weight is 227 g/mol. The molecular weight excluding hydrogens is 210 g/mol. The van der Waals surface area contributed by atoms with Crippen LogP contribution >= 0.6 is 11.8 Å². The van der Waals surface area contributed by atoms with E-state index in [1.54, 1.807) is 31.3 Å². The zero-order valence-corrected chi connectivity index (χ0v) is 9.96. The Bertz CT molecular complexity index is 252. The summed E-state index contributed by atoms with van der Waals surface area (Å²) in [5, 5.41) is 4.17. The summed E-state index contributed by atoms with van der Waals surface area (Å²) in [4.78, 5) is 8.31. The van der Waals surface area contributed by atoms with Crippen molar-refractivity contribution in [3.8, 4) is 0 Å². The Kier molecular flexibility index (Phi) is 6.31. The van der Waals surface area contributed by atoms with Crippen molar-refractivity contribution in [2.45, 2.75) is 18.1 Å². The van der Waals surface area contributed by atoms with Gasteiger partial charge in [0.15, 0.2) is 5.16 Å². The number of aromatic nitrogens is 2. The average Bonchev–Trinajstić information content (AvgIpc) is 2.28. The number of rotatable bonds is 7. The predicted octanol–water partition coefficient (Wildman–Crippen LogP) is 1.19. The van der Waals surface area contributed by atoms with E-state index in [4.69, 9.17) is 4.74 Å². The van der Waals surface area contributed by atoms with Gasteiger partial charge in [0.05, 0.1) is 6.61 Å². The predicted molar refractivity (Wildman–Crippen MR) is 62.1 cm³/mol. The summed E-state index contributed by atoms with van der Waals surface area (Å²) in [5.41, 5.74) is 0. The number of nitrogens with zero attached hydrogens (tertiary/aromatic N) is 2. The van der Waals surface area contributed by atoms with Crippen LogP contribution in [0, 0.1) is 0 Å². The van der Waals surface area contributed by atoms with Crippen LogP contribution in [-0.4, -0.2) is 42.0 Å². The topological polar surface area (TPSA) is 47.0 Å². The first-order chi connectivity index (χ1) is 7.36. The van der Waals surface area contributed by atoms with E-state index in [2.05, 4.69) is 22.2 Å². The van der Waals surface area contributed by atoms with E-state index >= 15 is 0 Å². The fraction of sp³-hybridized carbons (Fsp3) is 0.600. The first kappa shape index (κ1) is 12.4. The van der Waals surface area contributed by atoms with Crippen LogP contribution < -0.4 is 5.32 Å². The van der Waals surface area contributed by atoms with Crippen molar-refractivity contribution in [2.24, 2.45) is 0 Å². The lowest BCUT2D eigenvalue weighted by Crippen LogP contribution is -2.35. The fourth-order valence-electron chi connectivity index (χ4n) is 1.19. The van der Waals surface area contributed by atoms with E-state index in [1.165, 1.54) is 0 Å². The van der Waals surface area contributed by atoms with E-state index in [0.717, 1.165) is 17.5 Å². The molecule has 0 aliphatic heterocycles.